The van der Waals surface area contributed by atoms with Crippen molar-refractivity contribution in [1.82, 2.24) is 15.3 Å². The summed E-state index contributed by atoms with van der Waals surface area (Å²) in [6.07, 6.45) is 1.30. The maximum Gasteiger partial charge on any atom is 0.273 e. The van der Waals surface area contributed by atoms with Crippen LogP contribution in [0.15, 0.2) is 65.3 Å². The summed E-state index contributed by atoms with van der Waals surface area (Å²) in [6.45, 7) is 1.91. The van der Waals surface area contributed by atoms with Crippen LogP contribution in [-0.2, 0) is 6.61 Å². The number of halogens is 2. The van der Waals surface area contributed by atoms with Gasteiger partial charge in [0.2, 0.25) is 11.8 Å². The SMILES string of the molecule is C[C@@H](NC(=O)c1coc(COc2ccc3cccc(Cl)c3n2)n1)c1ccc(Cl)cc1. The molecule has 0 unspecified atom stereocenters. The minimum absolute atomic E-state index is 0.0307. The zero-order valence-electron chi connectivity index (χ0n) is 15.9. The molecule has 0 radical (unpaired) electrons. The van der Waals surface area contributed by atoms with E-state index in [0.717, 1.165) is 10.9 Å². The molecule has 1 amide bonds. The molecule has 4 aromatic rings. The van der Waals surface area contributed by atoms with Crippen LogP contribution in [0.5, 0.6) is 5.88 Å². The fourth-order valence-corrected chi connectivity index (χ4v) is 3.25. The van der Waals surface area contributed by atoms with Crippen LogP contribution < -0.4 is 10.1 Å². The van der Waals surface area contributed by atoms with Gasteiger partial charge in [-0.25, -0.2) is 9.97 Å². The maximum absolute atomic E-state index is 12.4. The van der Waals surface area contributed by atoms with E-state index in [-0.39, 0.29) is 30.1 Å². The van der Waals surface area contributed by atoms with Crippen LogP contribution in [0, 0.1) is 0 Å². The van der Waals surface area contributed by atoms with Crippen molar-refractivity contribution in [2.24, 2.45) is 0 Å². The van der Waals surface area contributed by atoms with Gasteiger partial charge in [-0.15, -0.1) is 0 Å². The van der Waals surface area contributed by atoms with E-state index in [0.29, 0.717) is 21.4 Å². The number of aromatic nitrogens is 2. The second kappa shape index (κ2) is 8.73. The van der Waals surface area contributed by atoms with Crippen molar-refractivity contribution in [3.8, 4) is 5.88 Å². The number of hydrogen-bond acceptors (Lipinski definition) is 5. The van der Waals surface area contributed by atoms with Crippen LogP contribution in [-0.4, -0.2) is 15.9 Å². The first-order valence-corrected chi connectivity index (χ1v) is 9.94. The zero-order valence-corrected chi connectivity index (χ0v) is 17.4. The molecule has 0 spiro atoms. The van der Waals surface area contributed by atoms with Crippen LogP contribution in [0.2, 0.25) is 10.0 Å². The molecule has 0 bridgehead atoms. The molecule has 2 heterocycles. The Morgan fingerprint density at radius 1 is 1.10 bits per heavy atom. The second-order valence-corrected chi connectivity index (χ2v) is 7.47. The van der Waals surface area contributed by atoms with Crippen molar-refractivity contribution < 1.29 is 13.9 Å². The van der Waals surface area contributed by atoms with Gasteiger partial charge in [-0.05, 0) is 36.8 Å². The number of rotatable bonds is 6. The molecule has 0 fully saturated rings. The molecule has 152 valence electrons. The van der Waals surface area contributed by atoms with Crippen molar-refractivity contribution >= 4 is 40.0 Å². The zero-order chi connectivity index (χ0) is 21.1. The summed E-state index contributed by atoms with van der Waals surface area (Å²) in [6, 6.07) is 16.2. The van der Waals surface area contributed by atoms with Crippen LogP contribution in [0.4, 0.5) is 0 Å². The molecule has 0 aliphatic carbocycles. The summed E-state index contributed by atoms with van der Waals surface area (Å²) in [5.41, 5.74) is 1.75. The van der Waals surface area contributed by atoms with E-state index in [2.05, 4.69) is 15.3 Å². The molecule has 4 rings (SSSR count). The predicted octanol–water partition coefficient (Wildman–Crippen LogP) is 5.60. The monoisotopic (exact) mass is 441 g/mol. The Morgan fingerprint density at radius 3 is 2.70 bits per heavy atom. The van der Waals surface area contributed by atoms with E-state index in [9.17, 15) is 4.79 Å². The van der Waals surface area contributed by atoms with E-state index in [1.165, 1.54) is 6.26 Å². The highest BCUT2D eigenvalue weighted by Crippen LogP contribution is 2.24. The maximum atomic E-state index is 12.4. The standard InChI is InChI=1S/C22H17Cl2N3O3/c1-13(14-5-8-16(23)9-6-14)25-22(28)18-11-29-20(26-18)12-30-19-10-7-15-3-2-4-17(24)21(15)27-19/h2-11,13H,12H2,1H3,(H,25,28)/t13-/m1/s1. The Kier molecular flexibility index (Phi) is 5.88. The van der Waals surface area contributed by atoms with Crippen molar-refractivity contribution in [2.75, 3.05) is 0 Å². The topological polar surface area (TPSA) is 77.2 Å². The first kappa shape index (κ1) is 20.2. The van der Waals surface area contributed by atoms with E-state index in [1.807, 2.05) is 37.3 Å². The molecule has 1 N–H and O–H groups in total. The minimum atomic E-state index is -0.344. The Bertz CT molecular complexity index is 1190. The second-order valence-electron chi connectivity index (χ2n) is 6.62. The van der Waals surface area contributed by atoms with Crippen molar-refractivity contribution in [3.63, 3.8) is 0 Å². The molecule has 0 aliphatic rings. The number of oxazole rings is 1. The fourth-order valence-electron chi connectivity index (χ4n) is 2.90. The molecular weight excluding hydrogens is 425 g/mol. The number of carbonyl (C=O) groups is 1. The van der Waals surface area contributed by atoms with E-state index < -0.39 is 0 Å². The molecule has 8 heteroatoms. The third kappa shape index (κ3) is 4.56. The molecular formula is C22H17Cl2N3O3. The highest BCUT2D eigenvalue weighted by Gasteiger charge is 2.16. The van der Waals surface area contributed by atoms with Gasteiger partial charge >= 0.3 is 0 Å². The van der Waals surface area contributed by atoms with Gasteiger partial charge in [-0.2, -0.15) is 0 Å². The minimum Gasteiger partial charge on any atom is -0.468 e. The van der Waals surface area contributed by atoms with Crippen molar-refractivity contribution in [3.05, 3.63) is 88.1 Å². The number of ether oxygens (including phenoxy) is 1. The lowest BCUT2D eigenvalue weighted by molar-refractivity contribution is 0.0934. The molecule has 0 saturated heterocycles. The summed E-state index contributed by atoms with van der Waals surface area (Å²) in [7, 11) is 0. The number of fused-ring (bicyclic) bond motifs is 1. The number of para-hydroxylation sites is 1. The molecule has 0 saturated carbocycles. The third-order valence-corrected chi connectivity index (χ3v) is 5.05. The average molecular weight is 442 g/mol. The van der Waals surface area contributed by atoms with Gasteiger partial charge in [0.1, 0.15) is 6.26 Å². The van der Waals surface area contributed by atoms with E-state index in [4.69, 9.17) is 32.4 Å². The van der Waals surface area contributed by atoms with Gasteiger partial charge in [0.05, 0.1) is 16.6 Å². The molecule has 1 atom stereocenters. The molecule has 2 aromatic heterocycles. The molecule has 30 heavy (non-hydrogen) atoms. The summed E-state index contributed by atoms with van der Waals surface area (Å²) >= 11 is 12.1. The summed E-state index contributed by atoms with van der Waals surface area (Å²) in [5, 5.41) is 4.97. The fraction of sp³-hybridized carbons (Fsp3) is 0.136. The van der Waals surface area contributed by atoms with Gasteiger partial charge in [-0.1, -0.05) is 47.5 Å². The Labute approximate surface area is 182 Å². The van der Waals surface area contributed by atoms with Crippen LogP contribution in [0.25, 0.3) is 10.9 Å². The van der Waals surface area contributed by atoms with Gasteiger partial charge in [0, 0.05) is 16.5 Å². The molecule has 6 nitrogen and oxygen atoms in total. The summed E-state index contributed by atoms with van der Waals surface area (Å²) in [4.78, 5) is 21.0. The lowest BCUT2D eigenvalue weighted by Gasteiger charge is -2.13. The highest BCUT2D eigenvalue weighted by atomic mass is 35.5. The van der Waals surface area contributed by atoms with Crippen LogP contribution >= 0.6 is 23.2 Å². The lowest BCUT2D eigenvalue weighted by atomic mass is 10.1. The Balaban J connectivity index is 1.38. The number of benzene rings is 2. The van der Waals surface area contributed by atoms with E-state index >= 15 is 0 Å². The van der Waals surface area contributed by atoms with Crippen molar-refractivity contribution in [1.29, 1.82) is 0 Å². The largest absolute Gasteiger partial charge is 0.468 e. The van der Waals surface area contributed by atoms with E-state index in [1.54, 1.807) is 24.3 Å². The normalized spacial score (nSPS) is 12.0. The van der Waals surface area contributed by atoms with Crippen molar-refractivity contribution in [2.45, 2.75) is 19.6 Å². The molecule has 2 aromatic carbocycles. The number of amides is 1. The number of carbonyl (C=O) groups excluding carboxylic acids is 1. The number of nitrogens with zero attached hydrogens (tertiary/aromatic N) is 2. The van der Waals surface area contributed by atoms with Crippen LogP contribution in [0.3, 0.4) is 0 Å². The third-order valence-electron chi connectivity index (χ3n) is 4.49. The number of nitrogens with one attached hydrogen (secondary N) is 1. The lowest BCUT2D eigenvalue weighted by Crippen LogP contribution is -2.26. The quantitative estimate of drug-likeness (QED) is 0.421. The average Bonchev–Trinajstić information content (AvgIpc) is 3.22. The van der Waals surface area contributed by atoms with Gasteiger partial charge in [-0.3, -0.25) is 4.79 Å². The first-order chi connectivity index (χ1) is 14.5. The smallest absolute Gasteiger partial charge is 0.273 e. The van der Waals surface area contributed by atoms with Gasteiger partial charge in [0.15, 0.2) is 12.3 Å². The summed E-state index contributed by atoms with van der Waals surface area (Å²) < 4.78 is 11.0. The van der Waals surface area contributed by atoms with Crippen LogP contribution in [0.1, 0.15) is 34.9 Å². The Morgan fingerprint density at radius 2 is 1.90 bits per heavy atom. The number of hydrogen-bond donors (Lipinski definition) is 1. The molecule has 0 aliphatic heterocycles. The predicted molar refractivity (Wildman–Crippen MR) is 115 cm³/mol. The summed E-state index contributed by atoms with van der Waals surface area (Å²) in [5.74, 6) is 0.305. The highest BCUT2D eigenvalue weighted by molar-refractivity contribution is 6.35. The first-order valence-electron chi connectivity index (χ1n) is 9.18. The number of pyridine rings is 1. The van der Waals surface area contributed by atoms with Gasteiger partial charge in [0.25, 0.3) is 5.91 Å². The van der Waals surface area contributed by atoms with Gasteiger partial charge < -0.3 is 14.5 Å². The Hall–Kier alpha value is -3.09.